The molecule has 10 rings (SSSR count). The number of pyridine rings is 4. The van der Waals surface area contributed by atoms with Gasteiger partial charge in [-0.05, 0) is 140 Å². The number of likely N-dealkylation sites (N-methyl/N-ethyl adjacent to an activating group) is 2. The lowest BCUT2D eigenvalue weighted by molar-refractivity contribution is -0.141. The molecule has 1 aliphatic carbocycles. The molecule has 0 radical (unpaired) electrons. The van der Waals surface area contributed by atoms with E-state index in [1.807, 2.05) is 60.9 Å². The van der Waals surface area contributed by atoms with Crippen molar-refractivity contribution >= 4 is 51.0 Å². The Morgan fingerprint density at radius 3 is 1.85 bits per heavy atom. The summed E-state index contributed by atoms with van der Waals surface area (Å²) in [6.45, 7) is 8.09. The number of benzene rings is 2. The van der Waals surface area contributed by atoms with Crippen molar-refractivity contribution in [2.75, 3.05) is 97.6 Å². The van der Waals surface area contributed by atoms with E-state index in [2.05, 4.69) is 78.1 Å². The summed E-state index contributed by atoms with van der Waals surface area (Å²) < 4.78 is 17.0. The first kappa shape index (κ1) is 51.0. The maximum Gasteiger partial charge on any atom is 0.305 e. The zero-order valence-corrected chi connectivity index (χ0v) is 44.1. The molecule has 1 atom stereocenters. The summed E-state index contributed by atoms with van der Waals surface area (Å²) in [5.74, 6) is 1.15. The molecule has 2 aromatic carbocycles. The third kappa shape index (κ3) is 10.1. The number of piperidine rings is 1. The van der Waals surface area contributed by atoms with Crippen LogP contribution < -0.4 is 19.3 Å². The van der Waals surface area contributed by atoms with E-state index in [4.69, 9.17) is 29.2 Å². The molecule has 4 aromatic heterocycles. The van der Waals surface area contributed by atoms with Gasteiger partial charge in [-0.2, -0.15) is 0 Å². The Kier molecular flexibility index (Phi) is 15.0. The highest BCUT2D eigenvalue weighted by Crippen LogP contribution is 2.53. The van der Waals surface area contributed by atoms with E-state index in [0.29, 0.717) is 63.4 Å². The predicted molar refractivity (Wildman–Crippen MR) is 290 cm³/mol. The van der Waals surface area contributed by atoms with Crippen molar-refractivity contribution in [1.82, 2.24) is 34.6 Å². The number of ether oxygens (including phenoxy) is 3. The highest BCUT2D eigenvalue weighted by Gasteiger charge is 2.54. The van der Waals surface area contributed by atoms with Crippen LogP contribution in [0.25, 0.3) is 44.1 Å². The minimum atomic E-state index is -0.753. The topological polar surface area (TPSA) is 147 Å². The third-order valence-electron chi connectivity index (χ3n) is 16.1. The molecule has 1 spiro atoms. The summed E-state index contributed by atoms with van der Waals surface area (Å²) in [4.78, 5) is 71.0. The lowest BCUT2D eigenvalue weighted by Crippen LogP contribution is -2.50. The maximum atomic E-state index is 15.0. The SMILES string of the molecule is CCCC1(CCCC(=O)OC)C(=O)N(C)c2cnc3ccc(-c4ccc(OCCCN(C)CCN5C(=O)C6(CCN(C7CC7)CC6)c6c5cnc5ccc(-c7ccc(OCCCN(C)C)nc7)cc65)nc4)cc3c21. The van der Waals surface area contributed by atoms with Crippen LogP contribution in [-0.2, 0) is 30.0 Å². The number of aromatic nitrogens is 4. The second-order valence-corrected chi connectivity index (χ2v) is 21.2. The molecule has 1 unspecified atom stereocenters. The summed E-state index contributed by atoms with van der Waals surface area (Å²) in [6, 6.07) is 21.2. The number of fused-ring (bicyclic) bond motifs is 7. The maximum absolute atomic E-state index is 15.0. The molecule has 4 aliphatic rings. The average Bonchev–Trinajstić information content (AvgIpc) is 4.23. The van der Waals surface area contributed by atoms with Gasteiger partial charge in [-0.3, -0.25) is 24.4 Å². The Morgan fingerprint density at radius 1 is 0.689 bits per heavy atom. The number of amides is 2. The summed E-state index contributed by atoms with van der Waals surface area (Å²) in [5.41, 5.74) is 8.20. The molecule has 1 saturated heterocycles. The van der Waals surface area contributed by atoms with Crippen LogP contribution in [0.5, 0.6) is 11.8 Å². The fraction of sp³-hybridized carbons (Fsp3) is 0.475. The number of hydrogen-bond acceptors (Lipinski definition) is 13. The van der Waals surface area contributed by atoms with Crippen LogP contribution in [0.3, 0.4) is 0 Å². The minimum Gasteiger partial charge on any atom is -0.478 e. The molecule has 388 valence electrons. The van der Waals surface area contributed by atoms with Gasteiger partial charge in [-0.15, -0.1) is 0 Å². The molecular formula is C59H71N9O6. The summed E-state index contributed by atoms with van der Waals surface area (Å²) in [6.07, 6.45) is 16.1. The molecule has 15 nitrogen and oxygen atoms in total. The molecule has 1 saturated carbocycles. The number of likely N-dealkylation sites (tertiary alicyclic amines) is 1. The van der Waals surface area contributed by atoms with Gasteiger partial charge in [-0.1, -0.05) is 25.5 Å². The van der Waals surface area contributed by atoms with E-state index in [1.165, 1.54) is 20.0 Å². The average molecular weight is 1000 g/mol. The lowest BCUT2D eigenvalue weighted by atomic mass is 9.72. The summed E-state index contributed by atoms with van der Waals surface area (Å²) in [5, 5.41) is 1.99. The van der Waals surface area contributed by atoms with Crippen LogP contribution in [0.2, 0.25) is 0 Å². The van der Waals surface area contributed by atoms with Crippen LogP contribution in [0.15, 0.2) is 85.5 Å². The van der Waals surface area contributed by atoms with Crippen molar-refractivity contribution in [1.29, 1.82) is 0 Å². The Balaban J connectivity index is 0.787. The molecule has 74 heavy (non-hydrogen) atoms. The van der Waals surface area contributed by atoms with Crippen LogP contribution >= 0.6 is 0 Å². The van der Waals surface area contributed by atoms with Crippen LogP contribution in [0.1, 0.15) is 88.7 Å². The molecule has 2 fully saturated rings. The predicted octanol–water partition coefficient (Wildman–Crippen LogP) is 8.84. The number of carbonyl (C=O) groups is 3. The van der Waals surface area contributed by atoms with E-state index in [1.54, 1.807) is 11.1 Å². The third-order valence-corrected chi connectivity index (χ3v) is 16.1. The van der Waals surface area contributed by atoms with E-state index in [-0.39, 0.29) is 24.2 Å². The van der Waals surface area contributed by atoms with Gasteiger partial charge in [0.15, 0.2) is 0 Å². The number of rotatable bonds is 22. The van der Waals surface area contributed by atoms with Gasteiger partial charge in [0.2, 0.25) is 23.6 Å². The van der Waals surface area contributed by atoms with Crippen molar-refractivity contribution in [2.24, 2.45) is 0 Å². The lowest BCUT2D eigenvalue weighted by Gasteiger charge is -2.39. The van der Waals surface area contributed by atoms with E-state index < -0.39 is 10.8 Å². The van der Waals surface area contributed by atoms with Gasteiger partial charge < -0.3 is 38.7 Å². The summed E-state index contributed by atoms with van der Waals surface area (Å²) >= 11 is 0. The van der Waals surface area contributed by atoms with Gasteiger partial charge in [0, 0.05) is 103 Å². The molecule has 7 heterocycles. The molecular weight excluding hydrogens is 931 g/mol. The van der Waals surface area contributed by atoms with Crippen molar-refractivity contribution in [2.45, 2.75) is 94.4 Å². The first-order valence-corrected chi connectivity index (χ1v) is 26.7. The van der Waals surface area contributed by atoms with Crippen molar-refractivity contribution < 1.29 is 28.6 Å². The second-order valence-electron chi connectivity index (χ2n) is 21.2. The Bertz CT molecular complexity index is 3010. The van der Waals surface area contributed by atoms with Gasteiger partial charge in [0.25, 0.3) is 0 Å². The van der Waals surface area contributed by atoms with E-state index >= 15 is 0 Å². The normalized spacial score (nSPS) is 18.3. The fourth-order valence-electron chi connectivity index (χ4n) is 12.0. The van der Waals surface area contributed by atoms with Gasteiger partial charge in [0.05, 0.1) is 66.0 Å². The Hall–Kier alpha value is -6.55. The highest BCUT2D eigenvalue weighted by molar-refractivity contribution is 6.14. The monoisotopic (exact) mass is 1000 g/mol. The number of carbonyl (C=O) groups excluding carboxylic acids is 3. The number of anilines is 2. The number of nitrogens with zero attached hydrogens (tertiary/aromatic N) is 9. The molecule has 15 heteroatoms. The van der Waals surface area contributed by atoms with E-state index in [0.717, 1.165) is 125 Å². The molecule has 0 bridgehead atoms. The Labute approximate surface area is 435 Å². The molecule has 2 amide bonds. The Morgan fingerprint density at radius 2 is 1.28 bits per heavy atom. The second kappa shape index (κ2) is 21.7. The van der Waals surface area contributed by atoms with Crippen LogP contribution in [0.4, 0.5) is 11.4 Å². The highest BCUT2D eigenvalue weighted by atomic mass is 16.5. The zero-order valence-electron chi connectivity index (χ0n) is 44.1. The number of esters is 1. The summed E-state index contributed by atoms with van der Waals surface area (Å²) in [7, 11) is 9.45. The largest absolute Gasteiger partial charge is 0.478 e. The molecule has 0 N–H and O–H groups in total. The van der Waals surface area contributed by atoms with Gasteiger partial charge >= 0.3 is 5.97 Å². The van der Waals surface area contributed by atoms with Crippen LogP contribution in [-0.4, -0.2) is 146 Å². The smallest absolute Gasteiger partial charge is 0.305 e. The minimum absolute atomic E-state index is 0.0452. The van der Waals surface area contributed by atoms with Crippen molar-refractivity contribution in [3.63, 3.8) is 0 Å². The molecule has 3 aliphatic heterocycles. The standard InChI is InChI=1S/C59H71N9O6/c1-7-22-58(23-8-11-53(69)72-6)54-45-34-40(12-18-47(45)60-38-49(54)66(5)56(58)70)42-15-21-52(63-36-42)74-33-10-27-65(4)30-31-68-50-39-61-48-19-13-41(43-14-20-51(62-37-43)73-32-9-26-64(2)3)35-46(48)55(50)59(57(68)71)24-28-67(29-25-59)44-16-17-44/h12-15,18-21,34-39,44H,7-11,16-17,22-33H2,1-6H3. The van der Waals surface area contributed by atoms with Crippen molar-refractivity contribution in [3.05, 3.63) is 96.6 Å². The number of methoxy groups -OCH3 is 1. The zero-order chi connectivity index (χ0) is 51.6. The van der Waals surface area contributed by atoms with E-state index in [9.17, 15) is 14.4 Å². The first-order valence-electron chi connectivity index (χ1n) is 26.7. The molecule has 6 aromatic rings. The van der Waals surface area contributed by atoms with Crippen molar-refractivity contribution in [3.8, 4) is 34.0 Å². The fourth-order valence-corrected chi connectivity index (χ4v) is 12.0. The first-order chi connectivity index (χ1) is 35.9. The van der Waals surface area contributed by atoms with Gasteiger partial charge in [-0.25, -0.2) is 9.97 Å². The van der Waals surface area contributed by atoms with Crippen LogP contribution in [0, 0.1) is 0 Å². The quantitative estimate of drug-likeness (QED) is 0.0472. The van der Waals surface area contributed by atoms with Gasteiger partial charge in [0.1, 0.15) is 0 Å². The number of hydrogen-bond donors (Lipinski definition) is 0.